The van der Waals surface area contributed by atoms with Gasteiger partial charge in [-0.15, -0.1) is 0 Å². The zero-order valence-corrected chi connectivity index (χ0v) is 21.3. The first-order valence-corrected chi connectivity index (χ1v) is 12.2. The van der Waals surface area contributed by atoms with Crippen molar-refractivity contribution in [2.75, 3.05) is 45.0 Å². The smallest absolute Gasteiger partial charge is 0.416 e. The van der Waals surface area contributed by atoms with Crippen molar-refractivity contribution in [2.45, 2.75) is 12.2 Å². The van der Waals surface area contributed by atoms with Gasteiger partial charge in [-0.2, -0.15) is 13.2 Å². The summed E-state index contributed by atoms with van der Waals surface area (Å²) in [5.74, 6) is 1.28. The molecule has 0 aliphatic carbocycles. The molecule has 0 amide bonds. The molecule has 1 aliphatic rings. The van der Waals surface area contributed by atoms with E-state index in [1.807, 2.05) is 0 Å². The fraction of sp³-hybridized carbons (Fsp3) is 0.308. The number of anilines is 1. The van der Waals surface area contributed by atoms with Gasteiger partial charge < -0.3 is 29.0 Å². The van der Waals surface area contributed by atoms with E-state index in [2.05, 4.69) is 5.32 Å². The van der Waals surface area contributed by atoms with Gasteiger partial charge in [-0.3, -0.25) is 20.2 Å². The Kier molecular flexibility index (Phi) is 9.29. The Hall–Kier alpha value is -4.79. The molecule has 3 aromatic carbocycles. The molecule has 3 aromatic rings. The number of nitrogens with one attached hydrogen (secondary N) is 1. The molecule has 218 valence electrons. The van der Waals surface area contributed by atoms with Crippen LogP contribution in [0, 0.1) is 20.2 Å². The molecule has 1 heterocycles. The summed E-state index contributed by atoms with van der Waals surface area (Å²) in [6, 6.07) is 12.7. The van der Waals surface area contributed by atoms with Crippen LogP contribution >= 0.6 is 0 Å². The minimum absolute atomic E-state index is 0.186. The van der Waals surface area contributed by atoms with Crippen LogP contribution in [0.25, 0.3) is 0 Å². The van der Waals surface area contributed by atoms with Gasteiger partial charge in [0.2, 0.25) is 0 Å². The Morgan fingerprint density at radius 3 is 1.51 bits per heavy atom. The highest BCUT2D eigenvalue weighted by Crippen LogP contribution is 2.41. The van der Waals surface area contributed by atoms with Crippen LogP contribution in [-0.4, -0.2) is 55.5 Å². The highest BCUT2D eigenvalue weighted by Gasteiger charge is 2.38. The van der Waals surface area contributed by atoms with Gasteiger partial charge in [0.25, 0.3) is 11.4 Å². The van der Waals surface area contributed by atoms with Gasteiger partial charge in [0.15, 0.2) is 28.7 Å². The summed E-state index contributed by atoms with van der Waals surface area (Å²) in [7, 11) is 0. The number of hydrogen-bond donors (Lipinski definition) is 1. The quantitative estimate of drug-likeness (QED) is 0.321. The summed E-state index contributed by atoms with van der Waals surface area (Å²) in [6.45, 7) is 0.310. The van der Waals surface area contributed by atoms with E-state index in [9.17, 15) is 33.4 Å². The summed E-state index contributed by atoms with van der Waals surface area (Å²) < 4.78 is 68.9. The van der Waals surface area contributed by atoms with E-state index in [1.165, 1.54) is 0 Å². The number of para-hydroxylation sites is 4. The van der Waals surface area contributed by atoms with Crippen LogP contribution < -0.4 is 24.3 Å². The molecule has 12 nitrogen and oxygen atoms in total. The van der Waals surface area contributed by atoms with E-state index in [-0.39, 0.29) is 63.3 Å². The summed E-state index contributed by atoms with van der Waals surface area (Å²) in [6.07, 6.45) is -5.05. The minimum Gasteiger partial charge on any atom is -0.487 e. The highest BCUT2D eigenvalue weighted by atomic mass is 19.4. The molecular formula is C26H24F3N3O9. The van der Waals surface area contributed by atoms with E-state index in [4.69, 9.17) is 23.7 Å². The third-order valence-electron chi connectivity index (χ3n) is 5.71. The van der Waals surface area contributed by atoms with Crippen LogP contribution in [0.1, 0.15) is 5.56 Å². The molecule has 0 radical (unpaired) electrons. The van der Waals surface area contributed by atoms with E-state index >= 15 is 0 Å². The van der Waals surface area contributed by atoms with E-state index in [0.717, 1.165) is 0 Å². The van der Waals surface area contributed by atoms with E-state index in [1.54, 1.807) is 48.5 Å². The number of nitrogens with zero attached hydrogens (tertiary/aromatic N) is 2. The number of fused-ring (bicyclic) bond motifs is 2. The average Bonchev–Trinajstić information content (AvgIpc) is 2.93. The topological polar surface area (TPSA) is 144 Å². The Morgan fingerprint density at radius 2 is 1.12 bits per heavy atom. The molecule has 1 N–H and O–H groups in total. The number of alkyl halides is 3. The third-order valence-corrected chi connectivity index (χ3v) is 5.71. The van der Waals surface area contributed by atoms with Crippen LogP contribution in [0.2, 0.25) is 0 Å². The molecule has 0 saturated heterocycles. The zero-order valence-electron chi connectivity index (χ0n) is 21.3. The van der Waals surface area contributed by atoms with Crippen molar-refractivity contribution in [3.05, 3.63) is 86.5 Å². The van der Waals surface area contributed by atoms with Crippen molar-refractivity contribution in [2.24, 2.45) is 0 Å². The number of ether oxygens (including phenoxy) is 5. The number of rotatable bonds is 4. The summed E-state index contributed by atoms with van der Waals surface area (Å²) >= 11 is 0. The number of nitro groups is 2. The Bertz CT molecular complexity index is 1300. The van der Waals surface area contributed by atoms with Crippen LogP contribution in [0.4, 0.5) is 30.2 Å². The Labute approximate surface area is 230 Å². The van der Waals surface area contributed by atoms with E-state index in [0.29, 0.717) is 11.5 Å². The fourth-order valence-electron chi connectivity index (χ4n) is 3.83. The first-order valence-electron chi connectivity index (χ1n) is 12.2. The molecule has 0 unspecified atom stereocenters. The molecule has 41 heavy (non-hydrogen) atoms. The van der Waals surface area contributed by atoms with Crippen molar-refractivity contribution >= 4 is 17.1 Å². The van der Waals surface area contributed by atoms with Crippen LogP contribution in [0.3, 0.4) is 0 Å². The monoisotopic (exact) mass is 579 g/mol. The lowest BCUT2D eigenvalue weighted by Crippen LogP contribution is -2.34. The maximum atomic E-state index is 13.4. The minimum atomic E-state index is -5.05. The van der Waals surface area contributed by atoms with Crippen molar-refractivity contribution in [3.63, 3.8) is 0 Å². The lowest BCUT2D eigenvalue weighted by atomic mass is 10.1. The number of hydrogen-bond acceptors (Lipinski definition) is 10. The summed E-state index contributed by atoms with van der Waals surface area (Å²) in [5.41, 5.74) is -4.53. The van der Waals surface area contributed by atoms with Crippen molar-refractivity contribution in [3.8, 4) is 23.0 Å². The van der Waals surface area contributed by atoms with Gasteiger partial charge >= 0.3 is 6.18 Å². The molecule has 0 atom stereocenters. The van der Waals surface area contributed by atoms with Crippen LogP contribution in [-0.2, 0) is 10.9 Å². The molecule has 4 rings (SSSR count). The second kappa shape index (κ2) is 13.0. The fourth-order valence-corrected chi connectivity index (χ4v) is 3.83. The third kappa shape index (κ3) is 7.66. The van der Waals surface area contributed by atoms with Crippen molar-refractivity contribution < 1.29 is 46.7 Å². The lowest BCUT2D eigenvalue weighted by Gasteiger charge is -2.23. The molecule has 0 saturated carbocycles. The zero-order chi connectivity index (χ0) is 29.4. The van der Waals surface area contributed by atoms with Gasteiger partial charge in [0, 0.05) is 12.1 Å². The predicted molar refractivity (Wildman–Crippen MR) is 138 cm³/mol. The van der Waals surface area contributed by atoms with Crippen molar-refractivity contribution in [1.29, 1.82) is 0 Å². The second-order valence-corrected chi connectivity index (χ2v) is 8.57. The summed E-state index contributed by atoms with van der Waals surface area (Å²) in [5, 5.41) is 26.1. The van der Waals surface area contributed by atoms with Gasteiger partial charge in [-0.25, -0.2) is 0 Å². The normalized spacial score (nSPS) is 15.1. The first-order chi connectivity index (χ1) is 19.6. The van der Waals surface area contributed by atoms with Gasteiger partial charge in [-0.05, 0) is 24.3 Å². The average molecular weight is 579 g/mol. The number of halogens is 3. The van der Waals surface area contributed by atoms with Gasteiger partial charge in [-0.1, -0.05) is 24.3 Å². The molecule has 0 spiro atoms. The maximum Gasteiger partial charge on any atom is 0.416 e. The predicted octanol–water partition coefficient (Wildman–Crippen LogP) is 5.25. The van der Waals surface area contributed by atoms with Gasteiger partial charge in [0.1, 0.15) is 26.4 Å². The van der Waals surface area contributed by atoms with Gasteiger partial charge in [0.05, 0.1) is 34.7 Å². The molecule has 0 aromatic heterocycles. The van der Waals surface area contributed by atoms with E-state index < -0.39 is 44.7 Å². The lowest BCUT2D eigenvalue weighted by molar-refractivity contribution is -0.392. The Morgan fingerprint density at radius 1 is 0.707 bits per heavy atom. The standard InChI is InChI=1S/C26H24F3N3O9/c27-26(28,29)17-13-19(31(33)34)25(20(14-17)32(35)36)30-18-15-40-23-7-3-1-5-21(23)38-11-9-37-10-12-39-22-6-2-4-8-24(22)41-16-18/h1-8,13-14,18,30H,9-12,15-16H2. The molecule has 0 fully saturated rings. The molecule has 15 heteroatoms. The second-order valence-electron chi connectivity index (χ2n) is 8.57. The molecular weight excluding hydrogens is 555 g/mol. The SMILES string of the molecule is O=[N+]([O-])c1cc(C(F)(F)F)cc([N+](=O)[O-])c1NC1COc2ccccc2OCCOCCOc2ccccc2OC1. The maximum absolute atomic E-state index is 13.4. The highest BCUT2D eigenvalue weighted by molar-refractivity contribution is 5.75. The molecule has 1 aliphatic heterocycles. The number of nitro benzene ring substituents is 2. The molecule has 0 bridgehead atoms. The Balaban J connectivity index is 1.71. The van der Waals surface area contributed by atoms with Crippen molar-refractivity contribution in [1.82, 2.24) is 0 Å². The largest absolute Gasteiger partial charge is 0.487 e. The first kappa shape index (κ1) is 29.2. The summed E-state index contributed by atoms with van der Waals surface area (Å²) in [4.78, 5) is 21.2. The van der Waals surface area contributed by atoms with Crippen LogP contribution in [0.15, 0.2) is 60.7 Å². The van der Waals surface area contributed by atoms with Crippen LogP contribution in [0.5, 0.6) is 23.0 Å². The number of benzene rings is 3.